The maximum Gasteiger partial charge on any atom is 0.282 e. The van der Waals surface area contributed by atoms with E-state index in [-0.39, 0.29) is 5.56 Å². The van der Waals surface area contributed by atoms with Crippen LogP contribution in [-0.2, 0) is 0 Å². The van der Waals surface area contributed by atoms with Crippen molar-refractivity contribution in [3.63, 3.8) is 0 Å². The highest BCUT2D eigenvalue weighted by Crippen LogP contribution is 2.31. The predicted molar refractivity (Wildman–Crippen MR) is 114 cm³/mol. The molecular formula is C22H15BrN4O. The Kier molecular flexibility index (Phi) is 3.87. The van der Waals surface area contributed by atoms with Crippen molar-refractivity contribution in [1.29, 1.82) is 0 Å². The molecule has 3 aromatic heterocycles. The molecule has 0 saturated heterocycles. The molecule has 5 aromatic rings. The van der Waals surface area contributed by atoms with Crippen LogP contribution in [0, 0.1) is 6.92 Å². The van der Waals surface area contributed by atoms with E-state index in [0.29, 0.717) is 11.2 Å². The van der Waals surface area contributed by atoms with Crippen molar-refractivity contribution in [1.82, 2.24) is 19.6 Å². The van der Waals surface area contributed by atoms with Crippen molar-refractivity contribution >= 4 is 32.5 Å². The lowest BCUT2D eigenvalue weighted by Crippen LogP contribution is -2.19. The van der Waals surface area contributed by atoms with Gasteiger partial charge in [-0.25, -0.2) is 0 Å². The average molecular weight is 431 g/mol. The van der Waals surface area contributed by atoms with Gasteiger partial charge in [0.1, 0.15) is 5.69 Å². The molecule has 0 amide bonds. The van der Waals surface area contributed by atoms with Gasteiger partial charge >= 0.3 is 0 Å². The van der Waals surface area contributed by atoms with E-state index in [2.05, 4.69) is 31.0 Å². The maximum absolute atomic E-state index is 13.3. The normalized spacial score (nSPS) is 11.4. The molecule has 5 nitrogen and oxygen atoms in total. The van der Waals surface area contributed by atoms with Gasteiger partial charge in [0.2, 0.25) is 0 Å². The fourth-order valence-corrected chi connectivity index (χ4v) is 4.09. The third kappa shape index (κ3) is 2.57. The number of benzene rings is 2. The summed E-state index contributed by atoms with van der Waals surface area (Å²) in [5.74, 6) is 0. The number of hydrogen-bond donors (Lipinski definition) is 1. The molecule has 0 radical (unpaired) electrons. The minimum atomic E-state index is -0.155. The van der Waals surface area contributed by atoms with Gasteiger partial charge in [0.15, 0.2) is 5.65 Å². The summed E-state index contributed by atoms with van der Waals surface area (Å²) in [5.41, 5.74) is 5.30. The van der Waals surface area contributed by atoms with Crippen LogP contribution < -0.4 is 5.56 Å². The molecular weight excluding hydrogens is 416 g/mol. The molecule has 0 aliphatic carbocycles. The van der Waals surface area contributed by atoms with E-state index in [1.807, 2.05) is 67.6 Å². The van der Waals surface area contributed by atoms with Gasteiger partial charge in [0, 0.05) is 22.8 Å². The summed E-state index contributed by atoms with van der Waals surface area (Å²) in [6, 6.07) is 19.5. The van der Waals surface area contributed by atoms with Crippen LogP contribution in [0.4, 0.5) is 0 Å². The molecule has 0 atom stereocenters. The number of hydrogen-bond acceptors (Lipinski definition) is 3. The molecule has 28 heavy (non-hydrogen) atoms. The first-order chi connectivity index (χ1) is 13.6. The van der Waals surface area contributed by atoms with Crippen LogP contribution in [0.15, 0.2) is 76.1 Å². The fraction of sp³-hybridized carbons (Fsp3) is 0.0455. The SMILES string of the molecule is Cc1[nH]c2c(Br)c(-c3ccccc3)nn2c(=O)c1-c1ccc2ncccc2c1. The van der Waals surface area contributed by atoms with E-state index >= 15 is 0 Å². The fourth-order valence-electron chi connectivity index (χ4n) is 3.51. The van der Waals surface area contributed by atoms with E-state index in [9.17, 15) is 4.79 Å². The van der Waals surface area contributed by atoms with Crippen molar-refractivity contribution in [3.8, 4) is 22.4 Å². The quantitative estimate of drug-likeness (QED) is 0.429. The first kappa shape index (κ1) is 16.9. The summed E-state index contributed by atoms with van der Waals surface area (Å²) >= 11 is 3.61. The summed E-state index contributed by atoms with van der Waals surface area (Å²) in [6.45, 7) is 1.91. The first-order valence-corrected chi connectivity index (χ1v) is 9.64. The summed E-state index contributed by atoms with van der Waals surface area (Å²) in [4.78, 5) is 21.0. The minimum Gasteiger partial charge on any atom is -0.342 e. The molecule has 6 heteroatoms. The van der Waals surface area contributed by atoms with Crippen LogP contribution in [0.25, 0.3) is 38.9 Å². The number of nitrogens with one attached hydrogen (secondary N) is 1. The van der Waals surface area contributed by atoms with Crippen LogP contribution in [0.5, 0.6) is 0 Å². The first-order valence-electron chi connectivity index (χ1n) is 8.85. The Labute approximate surface area is 168 Å². The summed E-state index contributed by atoms with van der Waals surface area (Å²) < 4.78 is 2.20. The third-order valence-corrected chi connectivity index (χ3v) is 5.60. The summed E-state index contributed by atoms with van der Waals surface area (Å²) in [7, 11) is 0. The molecule has 0 saturated carbocycles. The Morgan fingerprint density at radius 1 is 1.00 bits per heavy atom. The molecule has 0 spiro atoms. The zero-order valence-corrected chi connectivity index (χ0v) is 16.6. The zero-order chi connectivity index (χ0) is 19.3. The number of pyridine rings is 1. The number of aromatic nitrogens is 4. The summed E-state index contributed by atoms with van der Waals surface area (Å²) in [6.07, 6.45) is 1.76. The second-order valence-corrected chi connectivity index (χ2v) is 7.42. The summed E-state index contributed by atoms with van der Waals surface area (Å²) in [5, 5.41) is 5.58. The van der Waals surface area contributed by atoms with Crippen LogP contribution in [-0.4, -0.2) is 19.6 Å². The Hall–Kier alpha value is -3.25. The highest BCUT2D eigenvalue weighted by Gasteiger charge is 2.19. The number of fused-ring (bicyclic) bond motifs is 2. The van der Waals surface area contributed by atoms with Gasteiger partial charge in [-0.15, -0.1) is 0 Å². The predicted octanol–water partition coefficient (Wildman–Crippen LogP) is 4.98. The average Bonchev–Trinajstić information content (AvgIpc) is 3.05. The Morgan fingerprint density at radius 2 is 1.82 bits per heavy atom. The Balaban J connectivity index is 1.77. The molecule has 0 unspecified atom stereocenters. The van der Waals surface area contributed by atoms with Gasteiger partial charge in [-0.1, -0.05) is 42.5 Å². The van der Waals surface area contributed by atoms with Crippen LogP contribution in [0.3, 0.4) is 0 Å². The molecule has 1 N–H and O–H groups in total. The van der Waals surface area contributed by atoms with Gasteiger partial charge in [0.25, 0.3) is 5.56 Å². The number of rotatable bonds is 2. The van der Waals surface area contributed by atoms with Crippen molar-refractivity contribution in [2.75, 3.05) is 0 Å². The van der Waals surface area contributed by atoms with Crippen molar-refractivity contribution in [2.24, 2.45) is 0 Å². The monoisotopic (exact) mass is 430 g/mol. The second-order valence-electron chi connectivity index (χ2n) is 6.63. The largest absolute Gasteiger partial charge is 0.342 e. The van der Waals surface area contributed by atoms with E-state index < -0.39 is 0 Å². The molecule has 0 bridgehead atoms. The number of aryl methyl sites for hydroxylation is 1. The Morgan fingerprint density at radius 3 is 2.64 bits per heavy atom. The standard InChI is InChI=1S/C22H15BrN4O/c1-13-18(16-9-10-17-15(12-16)8-5-11-24-17)22(28)27-21(25-13)19(23)20(26-27)14-6-3-2-4-7-14/h2-12,25H,1H3. The number of aromatic amines is 1. The molecule has 0 aliphatic rings. The Bertz CT molecular complexity index is 1400. The minimum absolute atomic E-state index is 0.155. The molecule has 0 aliphatic heterocycles. The van der Waals surface area contributed by atoms with Gasteiger partial charge in [-0.2, -0.15) is 9.61 Å². The number of halogens is 1. The lowest BCUT2D eigenvalue weighted by atomic mass is 10.0. The van der Waals surface area contributed by atoms with E-state index in [1.165, 1.54) is 4.52 Å². The lowest BCUT2D eigenvalue weighted by molar-refractivity contribution is 0.896. The van der Waals surface area contributed by atoms with Gasteiger partial charge in [0.05, 0.1) is 15.6 Å². The zero-order valence-electron chi connectivity index (χ0n) is 15.0. The molecule has 2 aromatic carbocycles. The van der Waals surface area contributed by atoms with Gasteiger partial charge in [-0.05, 0) is 46.6 Å². The molecule has 136 valence electrons. The second kappa shape index (κ2) is 6.42. The van der Waals surface area contributed by atoms with E-state index in [4.69, 9.17) is 0 Å². The molecule has 0 fully saturated rings. The third-order valence-electron chi connectivity index (χ3n) is 4.85. The molecule has 3 heterocycles. The van der Waals surface area contributed by atoms with E-state index in [1.54, 1.807) is 6.20 Å². The van der Waals surface area contributed by atoms with Crippen molar-refractivity contribution in [3.05, 3.63) is 87.4 Å². The highest BCUT2D eigenvalue weighted by atomic mass is 79.9. The molecule has 5 rings (SSSR count). The highest BCUT2D eigenvalue weighted by molar-refractivity contribution is 9.10. The topological polar surface area (TPSA) is 63.1 Å². The smallest absolute Gasteiger partial charge is 0.282 e. The maximum atomic E-state index is 13.3. The van der Waals surface area contributed by atoms with Crippen LogP contribution in [0.1, 0.15) is 5.69 Å². The lowest BCUT2D eigenvalue weighted by Gasteiger charge is -2.08. The van der Waals surface area contributed by atoms with Gasteiger partial charge in [-0.3, -0.25) is 9.78 Å². The van der Waals surface area contributed by atoms with Crippen molar-refractivity contribution < 1.29 is 0 Å². The number of H-pyrrole nitrogens is 1. The van der Waals surface area contributed by atoms with E-state index in [0.717, 1.165) is 37.9 Å². The van der Waals surface area contributed by atoms with Crippen molar-refractivity contribution in [2.45, 2.75) is 6.92 Å². The van der Waals surface area contributed by atoms with Crippen LogP contribution >= 0.6 is 15.9 Å². The number of nitrogens with zero attached hydrogens (tertiary/aromatic N) is 3. The van der Waals surface area contributed by atoms with Gasteiger partial charge < -0.3 is 4.98 Å². The van der Waals surface area contributed by atoms with Crippen LogP contribution in [0.2, 0.25) is 0 Å².